The van der Waals surface area contributed by atoms with Crippen molar-refractivity contribution in [1.82, 2.24) is 4.98 Å². The highest BCUT2D eigenvalue weighted by atomic mass is 19.4. The Kier molecular flexibility index (Phi) is 3.67. The molecule has 0 aliphatic carbocycles. The SMILES string of the molecule is CC(C)C(=O)c1cccnc1CC(F)(F)F. The van der Waals surface area contributed by atoms with Crippen molar-refractivity contribution in [2.24, 2.45) is 5.92 Å². The summed E-state index contributed by atoms with van der Waals surface area (Å²) in [5.41, 5.74) is -0.136. The Bertz CT molecular complexity index is 385. The second-order valence-electron chi connectivity index (χ2n) is 3.81. The topological polar surface area (TPSA) is 30.0 Å². The van der Waals surface area contributed by atoms with E-state index in [1.165, 1.54) is 18.3 Å². The Labute approximate surface area is 91.5 Å². The molecule has 0 atom stereocenters. The zero-order valence-corrected chi connectivity index (χ0v) is 9.01. The van der Waals surface area contributed by atoms with Crippen LogP contribution in [0.4, 0.5) is 13.2 Å². The number of ketones is 1. The van der Waals surface area contributed by atoms with Crippen molar-refractivity contribution in [3.8, 4) is 0 Å². The molecule has 88 valence electrons. The number of aromatic nitrogens is 1. The van der Waals surface area contributed by atoms with Gasteiger partial charge in [0.1, 0.15) is 0 Å². The minimum Gasteiger partial charge on any atom is -0.294 e. The molecule has 0 aliphatic rings. The fourth-order valence-electron chi connectivity index (χ4n) is 1.30. The lowest BCUT2D eigenvalue weighted by molar-refractivity contribution is -0.127. The number of hydrogen-bond acceptors (Lipinski definition) is 2. The van der Waals surface area contributed by atoms with E-state index >= 15 is 0 Å². The van der Waals surface area contributed by atoms with Gasteiger partial charge in [0.2, 0.25) is 0 Å². The summed E-state index contributed by atoms with van der Waals surface area (Å²) in [6.07, 6.45) is -4.25. The summed E-state index contributed by atoms with van der Waals surface area (Å²) in [4.78, 5) is 15.3. The van der Waals surface area contributed by atoms with Crippen LogP contribution in [0.2, 0.25) is 0 Å². The first kappa shape index (κ1) is 12.7. The minimum atomic E-state index is -4.35. The van der Waals surface area contributed by atoms with Gasteiger partial charge in [-0.3, -0.25) is 9.78 Å². The van der Waals surface area contributed by atoms with E-state index in [1.54, 1.807) is 13.8 Å². The first-order chi connectivity index (χ1) is 7.31. The molecule has 0 saturated carbocycles. The first-order valence-electron chi connectivity index (χ1n) is 4.86. The summed E-state index contributed by atoms with van der Waals surface area (Å²) < 4.78 is 36.7. The van der Waals surface area contributed by atoms with Gasteiger partial charge in [-0.2, -0.15) is 13.2 Å². The van der Waals surface area contributed by atoms with Crippen LogP contribution >= 0.6 is 0 Å². The van der Waals surface area contributed by atoms with Crippen LogP contribution in [-0.2, 0) is 6.42 Å². The van der Waals surface area contributed by atoms with Crippen LogP contribution in [0.1, 0.15) is 29.9 Å². The molecule has 0 N–H and O–H groups in total. The summed E-state index contributed by atoms with van der Waals surface area (Å²) in [5.74, 6) is -0.650. The fourth-order valence-corrected chi connectivity index (χ4v) is 1.30. The molecule has 1 aromatic rings. The maximum Gasteiger partial charge on any atom is 0.394 e. The van der Waals surface area contributed by atoms with Gasteiger partial charge in [-0.25, -0.2) is 0 Å². The lowest BCUT2D eigenvalue weighted by Crippen LogP contribution is -2.18. The van der Waals surface area contributed by atoms with Gasteiger partial charge in [-0.1, -0.05) is 13.8 Å². The molecule has 0 unspecified atom stereocenters. The maximum atomic E-state index is 12.2. The van der Waals surface area contributed by atoms with E-state index in [-0.39, 0.29) is 23.0 Å². The summed E-state index contributed by atoms with van der Waals surface area (Å²) >= 11 is 0. The number of hydrogen-bond donors (Lipinski definition) is 0. The number of rotatable bonds is 3. The normalized spacial score (nSPS) is 11.9. The molecular weight excluding hydrogens is 219 g/mol. The predicted octanol–water partition coefficient (Wildman–Crippen LogP) is 3.03. The molecule has 16 heavy (non-hydrogen) atoms. The van der Waals surface area contributed by atoms with E-state index in [4.69, 9.17) is 0 Å². The van der Waals surface area contributed by atoms with Gasteiger partial charge >= 0.3 is 6.18 Å². The average molecular weight is 231 g/mol. The smallest absolute Gasteiger partial charge is 0.294 e. The highest BCUT2D eigenvalue weighted by molar-refractivity contribution is 5.98. The number of alkyl halides is 3. The lowest BCUT2D eigenvalue weighted by Gasteiger charge is -2.11. The van der Waals surface area contributed by atoms with Gasteiger partial charge < -0.3 is 0 Å². The third-order valence-electron chi connectivity index (χ3n) is 2.05. The van der Waals surface area contributed by atoms with E-state index in [0.29, 0.717) is 0 Å². The van der Waals surface area contributed by atoms with Crippen molar-refractivity contribution in [3.63, 3.8) is 0 Å². The van der Waals surface area contributed by atoms with Gasteiger partial charge in [0, 0.05) is 17.7 Å². The van der Waals surface area contributed by atoms with Crippen LogP contribution in [-0.4, -0.2) is 16.9 Å². The summed E-state index contributed by atoms with van der Waals surface area (Å²) in [7, 11) is 0. The van der Waals surface area contributed by atoms with E-state index in [0.717, 1.165) is 0 Å². The maximum absolute atomic E-state index is 12.2. The molecule has 1 rings (SSSR count). The Hall–Kier alpha value is -1.39. The van der Waals surface area contributed by atoms with Crippen LogP contribution < -0.4 is 0 Å². The number of carbonyl (C=O) groups excluding carboxylic acids is 1. The molecule has 5 heteroatoms. The fraction of sp³-hybridized carbons (Fsp3) is 0.455. The molecule has 1 heterocycles. The van der Waals surface area contributed by atoms with Crippen LogP contribution in [0.3, 0.4) is 0 Å². The van der Waals surface area contributed by atoms with Crippen molar-refractivity contribution in [1.29, 1.82) is 0 Å². The van der Waals surface area contributed by atoms with Gasteiger partial charge in [-0.05, 0) is 12.1 Å². The minimum absolute atomic E-state index is 0.0647. The molecule has 0 amide bonds. The van der Waals surface area contributed by atoms with Gasteiger partial charge in [0.15, 0.2) is 5.78 Å². The summed E-state index contributed by atoms with van der Waals surface area (Å²) in [6, 6.07) is 2.85. The zero-order valence-electron chi connectivity index (χ0n) is 9.01. The first-order valence-corrected chi connectivity index (χ1v) is 4.86. The van der Waals surface area contributed by atoms with Gasteiger partial charge in [0.25, 0.3) is 0 Å². The monoisotopic (exact) mass is 231 g/mol. The second kappa shape index (κ2) is 4.63. The van der Waals surface area contributed by atoms with E-state index < -0.39 is 12.6 Å². The molecular formula is C11H12F3NO. The third-order valence-corrected chi connectivity index (χ3v) is 2.05. The average Bonchev–Trinajstić information content (AvgIpc) is 2.15. The molecule has 0 aromatic carbocycles. The van der Waals surface area contributed by atoms with E-state index in [9.17, 15) is 18.0 Å². The number of Topliss-reactive ketones (excluding diaryl/α,β-unsaturated/α-hetero) is 1. The predicted molar refractivity (Wildman–Crippen MR) is 53.2 cm³/mol. The van der Waals surface area contributed by atoms with Crippen molar-refractivity contribution >= 4 is 5.78 Å². The van der Waals surface area contributed by atoms with Crippen molar-refractivity contribution in [3.05, 3.63) is 29.6 Å². The van der Waals surface area contributed by atoms with Crippen LogP contribution in [0.25, 0.3) is 0 Å². The largest absolute Gasteiger partial charge is 0.394 e. The molecule has 2 nitrogen and oxygen atoms in total. The molecule has 1 aromatic heterocycles. The van der Waals surface area contributed by atoms with Crippen molar-refractivity contribution in [2.45, 2.75) is 26.4 Å². The highest BCUT2D eigenvalue weighted by Crippen LogP contribution is 2.23. The molecule has 0 radical (unpaired) electrons. The lowest BCUT2D eigenvalue weighted by atomic mass is 9.98. The zero-order chi connectivity index (χ0) is 12.3. The molecule has 0 saturated heterocycles. The van der Waals surface area contributed by atoms with Crippen molar-refractivity contribution in [2.75, 3.05) is 0 Å². The Morgan fingerprint density at radius 3 is 2.56 bits per heavy atom. The summed E-state index contributed by atoms with van der Waals surface area (Å²) in [6.45, 7) is 3.29. The Balaban J connectivity index is 3.06. The third kappa shape index (κ3) is 3.32. The van der Waals surface area contributed by atoms with Crippen LogP contribution in [0.15, 0.2) is 18.3 Å². The number of carbonyl (C=O) groups is 1. The number of pyridine rings is 1. The number of halogens is 3. The van der Waals surface area contributed by atoms with Crippen LogP contribution in [0, 0.1) is 5.92 Å². The van der Waals surface area contributed by atoms with Gasteiger partial charge in [0.05, 0.1) is 12.1 Å². The molecule has 0 aliphatic heterocycles. The molecule has 0 bridgehead atoms. The molecule has 0 fully saturated rings. The highest BCUT2D eigenvalue weighted by Gasteiger charge is 2.31. The van der Waals surface area contributed by atoms with E-state index in [1.807, 2.05) is 0 Å². The van der Waals surface area contributed by atoms with Gasteiger partial charge in [-0.15, -0.1) is 0 Å². The Morgan fingerprint density at radius 1 is 1.44 bits per heavy atom. The Morgan fingerprint density at radius 2 is 2.06 bits per heavy atom. The molecule has 0 spiro atoms. The van der Waals surface area contributed by atoms with Crippen molar-refractivity contribution < 1.29 is 18.0 Å². The van der Waals surface area contributed by atoms with E-state index in [2.05, 4.69) is 4.98 Å². The van der Waals surface area contributed by atoms with Crippen LogP contribution in [0.5, 0.6) is 0 Å². The summed E-state index contributed by atoms with van der Waals surface area (Å²) in [5, 5.41) is 0. The quantitative estimate of drug-likeness (QED) is 0.748. The second-order valence-corrected chi connectivity index (χ2v) is 3.81. The standard InChI is InChI=1S/C11H12F3NO/c1-7(2)10(16)8-4-3-5-15-9(8)6-11(12,13)14/h3-5,7H,6H2,1-2H3. The number of nitrogens with zero attached hydrogens (tertiary/aromatic N) is 1.